The van der Waals surface area contributed by atoms with Crippen LogP contribution in [-0.4, -0.2) is 72.7 Å². The van der Waals surface area contributed by atoms with E-state index in [9.17, 15) is 9.59 Å². The minimum Gasteiger partial charge on any atom is -0.350 e. The molecule has 0 aromatic heterocycles. The van der Waals surface area contributed by atoms with Gasteiger partial charge in [0.05, 0.1) is 6.04 Å². The van der Waals surface area contributed by atoms with Crippen molar-refractivity contribution in [3.63, 3.8) is 0 Å². The van der Waals surface area contributed by atoms with E-state index in [0.29, 0.717) is 25.2 Å². The van der Waals surface area contributed by atoms with Gasteiger partial charge >= 0.3 is 0 Å². The third-order valence-corrected chi connectivity index (χ3v) is 8.79. The average Bonchev–Trinajstić information content (AvgIpc) is 3.55. The number of benzene rings is 4. The van der Waals surface area contributed by atoms with Gasteiger partial charge in [-0.1, -0.05) is 91.0 Å². The maximum absolute atomic E-state index is 14.1. The minimum absolute atomic E-state index is 0.0185. The molecular formula is C37H41N5O2. The molecule has 0 unspecified atom stereocenters. The SMILES string of the molecule is O=C(NC[C@H]1CCN(CC(c2ccccc2)c2ccccc2)C(=O)[C@@H](CCCN2CCC=N2)N1)c1ccc2ccccc2c1. The van der Waals surface area contributed by atoms with Gasteiger partial charge in [-0.25, -0.2) is 0 Å². The second-order valence-electron chi connectivity index (χ2n) is 11.8. The van der Waals surface area contributed by atoms with Crippen molar-refractivity contribution in [3.05, 3.63) is 120 Å². The largest absolute Gasteiger partial charge is 0.350 e. The van der Waals surface area contributed by atoms with Gasteiger partial charge in [0.2, 0.25) is 5.91 Å². The zero-order chi connectivity index (χ0) is 30.1. The molecule has 2 aliphatic heterocycles. The van der Waals surface area contributed by atoms with Crippen molar-refractivity contribution < 1.29 is 9.59 Å². The van der Waals surface area contributed by atoms with Crippen LogP contribution in [0.1, 0.15) is 53.1 Å². The smallest absolute Gasteiger partial charge is 0.251 e. The van der Waals surface area contributed by atoms with Crippen LogP contribution >= 0.6 is 0 Å². The Labute approximate surface area is 259 Å². The second kappa shape index (κ2) is 14.3. The Morgan fingerprint density at radius 1 is 0.886 bits per heavy atom. The number of carbonyl (C=O) groups is 2. The Balaban J connectivity index is 1.17. The molecule has 0 radical (unpaired) electrons. The maximum atomic E-state index is 14.1. The Kier molecular flexibility index (Phi) is 9.63. The Hall–Kier alpha value is -4.49. The molecule has 6 rings (SSSR count). The summed E-state index contributed by atoms with van der Waals surface area (Å²) in [4.78, 5) is 29.3. The molecule has 0 bridgehead atoms. The van der Waals surface area contributed by atoms with Crippen LogP contribution in [0.3, 0.4) is 0 Å². The molecule has 4 aromatic rings. The Morgan fingerprint density at radius 3 is 2.30 bits per heavy atom. The van der Waals surface area contributed by atoms with Gasteiger partial charge in [0, 0.05) is 62.9 Å². The third kappa shape index (κ3) is 7.34. The highest BCUT2D eigenvalue weighted by atomic mass is 16.2. The van der Waals surface area contributed by atoms with E-state index in [1.807, 2.05) is 65.7 Å². The fraction of sp³-hybridized carbons (Fsp3) is 0.324. The summed E-state index contributed by atoms with van der Waals surface area (Å²) in [6.07, 6.45) is 5.28. The minimum atomic E-state index is -0.321. The van der Waals surface area contributed by atoms with E-state index < -0.39 is 0 Å². The Bertz CT molecular complexity index is 1540. The van der Waals surface area contributed by atoms with Gasteiger partial charge < -0.3 is 15.5 Å². The van der Waals surface area contributed by atoms with E-state index in [-0.39, 0.29) is 29.8 Å². The highest BCUT2D eigenvalue weighted by Crippen LogP contribution is 2.27. The highest BCUT2D eigenvalue weighted by Gasteiger charge is 2.32. The first kappa shape index (κ1) is 29.6. The molecule has 4 aromatic carbocycles. The molecule has 0 saturated carbocycles. The monoisotopic (exact) mass is 587 g/mol. The van der Waals surface area contributed by atoms with Gasteiger partial charge in [0.1, 0.15) is 0 Å². The van der Waals surface area contributed by atoms with Crippen molar-refractivity contribution in [2.24, 2.45) is 5.10 Å². The zero-order valence-electron chi connectivity index (χ0n) is 25.1. The van der Waals surface area contributed by atoms with E-state index >= 15 is 0 Å². The molecule has 226 valence electrons. The maximum Gasteiger partial charge on any atom is 0.251 e. The van der Waals surface area contributed by atoms with Crippen LogP contribution < -0.4 is 10.6 Å². The lowest BCUT2D eigenvalue weighted by Crippen LogP contribution is -2.49. The number of nitrogens with one attached hydrogen (secondary N) is 2. The van der Waals surface area contributed by atoms with Crippen molar-refractivity contribution in [1.82, 2.24) is 20.5 Å². The molecule has 7 nitrogen and oxygen atoms in total. The number of hydrogen-bond acceptors (Lipinski definition) is 5. The molecule has 1 fully saturated rings. The van der Waals surface area contributed by atoms with Crippen LogP contribution in [0.4, 0.5) is 0 Å². The molecule has 7 heteroatoms. The van der Waals surface area contributed by atoms with Gasteiger partial charge in [-0.3, -0.25) is 14.6 Å². The van der Waals surface area contributed by atoms with E-state index in [2.05, 4.69) is 69.3 Å². The summed E-state index contributed by atoms with van der Waals surface area (Å²) in [7, 11) is 0. The molecule has 44 heavy (non-hydrogen) atoms. The summed E-state index contributed by atoms with van der Waals surface area (Å²) in [5, 5.41) is 15.5. The van der Waals surface area contributed by atoms with Crippen molar-refractivity contribution in [3.8, 4) is 0 Å². The lowest BCUT2D eigenvalue weighted by Gasteiger charge is -2.29. The van der Waals surface area contributed by atoms with Crippen LogP contribution in [0, 0.1) is 0 Å². The first-order valence-corrected chi connectivity index (χ1v) is 15.8. The average molecular weight is 588 g/mol. The van der Waals surface area contributed by atoms with E-state index in [1.165, 1.54) is 11.1 Å². The number of nitrogens with zero attached hydrogens (tertiary/aromatic N) is 3. The van der Waals surface area contributed by atoms with Gasteiger partial charge in [0.15, 0.2) is 0 Å². The van der Waals surface area contributed by atoms with Gasteiger partial charge in [-0.15, -0.1) is 0 Å². The van der Waals surface area contributed by atoms with Gasteiger partial charge in [-0.05, 0) is 53.3 Å². The molecule has 1 saturated heterocycles. The summed E-state index contributed by atoms with van der Waals surface area (Å²) >= 11 is 0. The fourth-order valence-electron chi connectivity index (χ4n) is 6.36. The molecule has 2 amide bonds. The molecule has 2 atom stereocenters. The Morgan fingerprint density at radius 2 is 1.59 bits per heavy atom. The molecule has 2 aliphatic rings. The predicted octanol–water partition coefficient (Wildman–Crippen LogP) is 5.43. The van der Waals surface area contributed by atoms with Crippen molar-refractivity contribution in [2.45, 2.75) is 43.7 Å². The number of amides is 2. The summed E-state index contributed by atoms with van der Waals surface area (Å²) in [6.45, 7) is 3.48. The number of carbonyl (C=O) groups excluding carboxylic acids is 2. The number of rotatable bonds is 11. The van der Waals surface area contributed by atoms with Crippen molar-refractivity contribution in [1.29, 1.82) is 0 Å². The van der Waals surface area contributed by atoms with E-state index in [0.717, 1.165) is 49.5 Å². The van der Waals surface area contributed by atoms with E-state index in [4.69, 9.17) is 0 Å². The summed E-state index contributed by atoms with van der Waals surface area (Å²) in [6, 6.07) is 34.4. The standard InChI is InChI=1S/C37H41N5O2/c43-36(32-19-18-28-11-7-8-16-31(28)25-32)38-26-33-20-24-41(37(44)35(40-33)17-9-22-42-23-10-21-39-42)27-34(29-12-3-1-4-13-29)30-14-5-2-6-15-30/h1-8,11-16,18-19,21,25,33-35,40H,9-10,17,20,22-24,26-27H2,(H,38,43)/t33-,35-/m1/s1. The van der Waals surface area contributed by atoms with Crippen LogP contribution in [0.15, 0.2) is 108 Å². The van der Waals surface area contributed by atoms with Crippen LogP contribution in [0.2, 0.25) is 0 Å². The normalized spacial score (nSPS) is 18.6. The number of hydrogen-bond donors (Lipinski definition) is 2. The van der Waals surface area contributed by atoms with Gasteiger partial charge in [0.25, 0.3) is 5.91 Å². The lowest BCUT2D eigenvalue weighted by atomic mass is 9.90. The third-order valence-electron chi connectivity index (χ3n) is 8.79. The topological polar surface area (TPSA) is 77.0 Å². The van der Waals surface area contributed by atoms with Crippen LogP contribution in [0.5, 0.6) is 0 Å². The first-order chi connectivity index (χ1) is 21.6. The highest BCUT2D eigenvalue weighted by molar-refractivity contribution is 5.98. The summed E-state index contributed by atoms with van der Waals surface area (Å²) in [5.41, 5.74) is 3.05. The van der Waals surface area contributed by atoms with Crippen LogP contribution in [-0.2, 0) is 4.79 Å². The number of hydrazone groups is 1. The quantitative estimate of drug-likeness (QED) is 0.245. The van der Waals surface area contributed by atoms with E-state index in [1.54, 1.807) is 0 Å². The fourth-order valence-corrected chi connectivity index (χ4v) is 6.36. The second-order valence-corrected chi connectivity index (χ2v) is 11.8. The molecule has 2 heterocycles. The summed E-state index contributed by atoms with van der Waals surface area (Å²) in [5.74, 6) is 0.113. The predicted molar refractivity (Wildman–Crippen MR) is 177 cm³/mol. The molecule has 0 aliphatic carbocycles. The molecular weight excluding hydrogens is 546 g/mol. The summed E-state index contributed by atoms with van der Waals surface area (Å²) < 4.78 is 0. The lowest BCUT2D eigenvalue weighted by molar-refractivity contribution is -0.133. The first-order valence-electron chi connectivity index (χ1n) is 15.8. The van der Waals surface area contributed by atoms with Crippen molar-refractivity contribution in [2.75, 3.05) is 32.7 Å². The molecule has 0 spiro atoms. The zero-order valence-corrected chi connectivity index (χ0v) is 25.1. The molecule has 2 N–H and O–H groups in total. The van der Waals surface area contributed by atoms with Crippen LogP contribution in [0.25, 0.3) is 10.8 Å². The van der Waals surface area contributed by atoms with Crippen molar-refractivity contribution >= 4 is 28.8 Å². The number of fused-ring (bicyclic) bond motifs is 1. The van der Waals surface area contributed by atoms with Gasteiger partial charge in [-0.2, -0.15) is 5.10 Å².